The van der Waals surface area contributed by atoms with Crippen molar-refractivity contribution in [2.75, 3.05) is 25.6 Å². The zero-order valence-corrected chi connectivity index (χ0v) is 11.6. The molecule has 21 heavy (non-hydrogen) atoms. The van der Waals surface area contributed by atoms with Crippen molar-refractivity contribution < 1.29 is 29.0 Å². The first-order valence-corrected chi connectivity index (χ1v) is 6.30. The Labute approximate surface area is 121 Å². The predicted octanol–water partition coefficient (Wildman–Crippen LogP) is 1.29. The number of anilines is 1. The van der Waals surface area contributed by atoms with Crippen molar-refractivity contribution in [3.63, 3.8) is 0 Å². The summed E-state index contributed by atoms with van der Waals surface area (Å²) >= 11 is 0. The number of ether oxygens (including phenoxy) is 2. The first-order valence-electron chi connectivity index (χ1n) is 6.30. The van der Waals surface area contributed by atoms with E-state index in [1.165, 1.54) is 19.2 Å². The SMILES string of the molecule is COCCOC(=O)c1ccc(NC(=O)CCC(=O)O)cc1. The second kappa shape index (κ2) is 8.70. The largest absolute Gasteiger partial charge is 0.481 e. The van der Waals surface area contributed by atoms with Crippen LogP contribution in [0.3, 0.4) is 0 Å². The van der Waals surface area contributed by atoms with Crippen LogP contribution in [0, 0.1) is 0 Å². The van der Waals surface area contributed by atoms with Gasteiger partial charge in [-0.05, 0) is 24.3 Å². The quantitative estimate of drug-likeness (QED) is 0.553. The monoisotopic (exact) mass is 295 g/mol. The fraction of sp³-hybridized carbons (Fsp3) is 0.357. The second-order valence-corrected chi connectivity index (χ2v) is 4.15. The third-order valence-corrected chi connectivity index (χ3v) is 2.49. The third kappa shape index (κ3) is 6.53. The Balaban J connectivity index is 2.48. The average Bonchev–Trinajstić information content (AvgIpc) is 2.46. The van der Waals surface area contributed by atoms with E-state index in [0.29, 0.717) is 17.9 Å². The molecule has 0 aromatic heterocycles. The molecule has 0 saturated heterocycles. The third-order valence-electron chi connectivity index (χ3n) is 2.49. The minimum Gasteiger partial charge on any atom is -0.481 e. The molecule has 0 saturated carbocycles. The lowest BCUT2D eigenvalue weighted by Gasteiger charge is -2.06. The number of rotatable bonds is 8. The van der Waals surface area contributed by atoms with E-state index in [4.69, 9.17) is 14.6 Å². The van der Waals surface area contributed by atoms with E-state index < -0.39 is 17.8 Å². The van der Waals surface area contributed by atoms with Gasteiger partial charge in [0.1, 0.15) is 6.61 Å². The summed E-state index contributed by atoms with van der Waals surface area (Å²) in [6, 6.07) is 6.13. The predicted molar refractivity (Wildman–Crippen MR) is 74.1 cm³/mol. The van der Waals surface area contributed by atoms with Crippen molar-refractivity contribution in [1.29, 1.82) is 0 Å². The molecule has 7 nitrogen and oxygen atoms in total. The summed E-state index contributed by atoms with van der Waals surface area (Å²) in [6.45, 7) is 0.493. The minimum absolute atomic E-state index is 0.101. The molecule has 0 atom stereocenters. The molecule has 0 spiro atoms. The molecular formula is C14H17NO6. The second-order valence-electron chi connectivity index (χ2n) is 4.15. The van der Waals surface area contributed by atoms with E-state index in [1.807, 2.05) is 0 Å². The number of nitrogens with one attached hydrogen (secondary N) is 1. The standard InChI is InChI=1S/C14H17NO6/c1-20-8-9-21-14(19)10-2-4-11(5-3-10)15-12(16)6-7-13(17)18/h2-5H,6-9H2,1H3,(H,15,16)(H,17,18). The molecule has 0 unspecified atom stereocenters. The van der Waals surface area contributed by atoms with Gasteiger partial charge in [-0.1, -0.05) is 0 Å². The van der Waals surface area contributed by atoms with Crippen LogP contribution in [0.15, 0.2) is 24.3 Å². The van der Waals surface area contributed by atoms with Crippen LogP contribution in [0.2, 0.25) is 0 Å². The van der Waals surface area contributed by atoms with E-state index in [1.54, 1.807) is 12.1 Å². The Morgan fingerprint density at radius 2 is 1.76 bits per heavy atom. The summed E-state index contributed by atoms with van der Waals surface area (Å²) in [5.74, 6) is -1.90. The van der Waals surface area contributed by atoms with Gasteiger partial charge in [-0.15, -0.1) is 0 Å². The highest BCUT2D eigenvalue weighted by molar-refractivity contribution is 5.94. The maximum absolute atomic E-state index is 11.6. The molecule has 0 aliphatic heterocycles. The number of carbonyl (C=O) groups excluding carboxylic acids is 2. The van der Waals surface area contributed by atoms with Crippen LogP contribution in [0.4, 0.5) is 5.69 Å². The fourth-order valence-electron chi connectivity index (χ4n) is 1.43. The van der Waals surface area contributed by atoms with Gasteiger partial charge < -0.3 is 19.9 Å². The summed E-state index contributed by atoms with van der Waals surface area (Å²) in [7, 11) is 1.51. The number of carbonyl (C=O) groups is 3. The van der Waals surface area contributed by atoms with Gasteiger partial charge in [-0.25, -0.2) is 4.79 Å². The van der Waals surface area contributed by atoms with Crippen LogP contribution in [0.25, 0.3) is 0 Å². The van der Waals surface area contributed by atoms with Gasteiger partial charge in [0.15, 0.2) is 0 Å². The van der Waals surface area contributed by atoms with E-state index >= 15 is 0 Å². The lowest BCUT2D eigenvalue weighted by molar-refractivity contribution is -0.138. The molecule has 1 aromatic rings. The zero-order chi connectivity index (χ0) is 15.7. The van der Waals surface area contributed by atoms with Crippen molar-refractivity contribution in [3.8, 4) is 0 Å². The molecule has 1 amide bonds. The van der Waals surface area contributed by atoms with Crippen molar-refractivity contribution in [3.05, 3.63) is 29.8 Å². The van der Waals surface area contributed by atoms with Gasteiger partial charge in [0.05, 0.1) is 18.6 Å². The lowest BCUT2D eigenvalue weighted by atomic mass is 10.2. The van der Waals surface area contributed by atoms with Gasteiger partial charge in [0.2, 0.25) is 5.91 Å². The summed E-state index contributed by atoms with van der Waals surface area (Å²) in [5, 5.41) is 11.0. The molecule has 1 aromatic carbocycles. The molecule has 7 heteroatoms. The molecule has 0 aliphatic carbocycles. The highest BCUT2D eigenvalue weighted by Gasteiger charge is 2.08. The van der Waals surface area contributed by atoms with Crippen LogP contribution < -0.4 is 5.32 Å². The molecule has 2 N–H and O–H groups in total. The molecule has 0 fully saturated rings. The number of benzene rings is 1. The highest BCUT2D eigenvalue weighted by Crippen LogP contribution is 2.11. The van der Waals surface area contributed by atoms with Crippen LogP contribution >= 0.6 is 0 Å². The minimum atomic E-state index is -1.03. The number of esters is 1. The number of carboxylic acid groups (broad SMARTS) is 1. The molecule has 1 rings (SSSR count). The van der Waals surface area contributed by atoms with Crippen molar-refractivity contribution in [2.24, 2.45) is 0 Å². The van der Waals surface area contributed by atoms with Crippen LogP contribution in [-0.4, -0.2) is 43.3 Å². The Kier molecular flexibility index (Phi) is 6.90. The van der Waals surface area contributed by atoms with Gasteiger partial charge >= 0.3 is 11.9 Å². The molecule has 114 valence electrons. The molecule has 0 bridgehead atoms. The van der Waals surface area contributed by atoms with Crippen LogP contribution in [0.1, 0.15) is 23.2 Å². The number of amides is 1. The summed E-state index contributed by atoms with van der Waals surface area (Å²) in [4.78, 5) is 33.4. The maximum Gasteiger partial charge on any atom is 0.338 e. The smallest absolute Gasteiger partial charge is 0.338 e. The fourth-order valence-corrected chi connectivity index (χ4v) is 1.43. The summed E-state index contributed by atoms with van der Waals surface area (Å²) < 4.78 is 9.70. The Morgan fingerprint density at radius 3 is 2.33 bits per heavy atom. The van der Waals surface area contributed by atoms with Gasteiger partial charge in [-0.3, -0.25) is 9.59 Å². The van der Waals surface area contributed by atoms with Gasteiger partial charge in [0, 0.05) is 19.2 Å². The summed E-state index contributed by atoms with van der Waals surface area (Å²) in [6.07, 6.45) is -0.327. The summed E-state index contributed by atoms with van der Waals surface area (Å²) in [5.41, 5.74) is 0.841. The van der Waals surface area contributed by atoms with Crippen LogP contribution in [0.5, 0.6) is 0 Å². The Morgan fingerprint density at radius 1 is 1.10 bits per heavy atom. The maximum atomic E-state index is 11.6. The molecular weight excluding hydrogens is 278 g/mol. The van der Waals surface area contributed by atoms with Crippen molar-refractivity contribution in [2.45, 2.75) is 12.8 Å². The Hall–Kier alpha value is -2.41. The number of carboxylic acids is 1. The van der Waals surface area contributed by atoms with E-state index in [0.717, 1.165) is 0 Å². The number of hydrogen-bond acceptors (Lipinski definition) is 5. The Bertz CT molecular complexity index is 497. The van der Waals surface area contributed by atoms with Crippen molar-refractivity contribution >= 4 is 23.5 Å². The average molecular weight is 295 g/mol. The van der Waals surface area contributed by atoms with E-state index in [2.05, 4.69) is 5.32 Å². The first-order chi connectivity index (χ1) is 10.0. The van der Waals surface area contributed by atoms with Gasteiger partial charge in [-0.2, -0.15) is 0 Å². The molecule has 0 heterocycles. The van der Waals surface area contributed by atoms with Gasteiger partial charge in [0.25, 0.3) is 0 Å². The first kappa shape index (κ1) is 16.6. The van der Waals surface area contributed by atoms with E-state index in [-0.39, 0.29) is 19.4 Å². The lowest BCUT2D eigenvalue weighted by Crippen LogP contribution is -2.13. The number of aliphatic carboxylic acids is 1. The molecule has 0 aliphatic rings. The topological polar surface area (TPSA) is 102 Å². The van der Waals surface area contributed by atoms with Crippen molar-refractivity contribution in [1.82, 2.24) is 0 Å². The highest BCUT2D eigenvalue weighted by atomic mass is 16.6. The number of hydrogen-bond donors (Lipinski definition) is 2. The van der Waals surface area contributed by atoms with Crippen LogP contribution in [-0.2, 0) is 19.1 Å². The molecule has 0 radical (unpaired) electrons. The zero-order valence-electron chi connectivity index (χ0n) is 11.6. The van der Waals surface area contributed by atoms with E-state index in [9.17, 15) is 14.4 Å². The number of methoxy groups -OCH3 is 1. The normalized spacial score (nSPS) is 9.95.